The predicted molar refractivity (Wildman–Crippen MR) is 85.9 cm³/mol. The molecule has 26 heavy (non-hydrogen) atoms. The Morgan fingerprint density at radius 3 is 2.62 bits per heavy atom. The topological polar surface area (TPSA) is 95.2 Å². The number of halogens is 3. The van der Waals surface area contributed by atoms with Gasteiger partial charge in [0, 0.05) is 11.8 Å². The van der Waals surface area contributed by atoms with Crippen molar-refractivity contribution in [1.82, 2.24) is 4.98 Å². The van der Waals surface area contributed by atoms with Crippen molar-refractivity contribution in [2.75, 3.05) is 12.4 Å². The fraction of sp³-hybridized carbons (Fsp3) is 0.235. The molecule has 0 amide bonds. The van der Waals surface area contributed by atoms with Gasteiger partial charge in [0.2, 0.25) is 0 Å². The molecule has 2 N–H and O–H groups in total. The average Bonchev–Trinajstić information content (AvgIpc) is 2.60. The van der Waals surface area contributed by atoms with Gasteiger partial charge in [-0.2, -0.15) is 18.4 Å². The Labute approximate surface area is 146 Å². The van der Waals surface area contributed by atoms with Crippen LogP contribution in [-0.4, -0.2) is 23.2 Å². The van der Waals surface area contributed by atoms with Gasteiger partial charge in [-0.3, -0.25) is 0 Å². The Balaban J connectivity index is 2.45. The first-order valence-corrected chi connectivity index (χ1v) is 7.32. The van der Waals surface area contributed by atoms with Gasteiger partial charge < -0.3 is 15.2 Å². The van der Waals surface area contributed by atoms with Gasteiger partial charge in [0.25, 0.3) is 0 Å². The molecule has 136 valence electrons. The number of nitriles is 1. The molecule has 2 rings (SSSR count). The van der Waals surface area contributed by atoms with E-state index in [-0.39, 0.29) is 0 Å². The van der Waals surface area contributed by atoms with E-state index in [1.807, 2.05) is 6.07 Å². The van der Waals surface area contributed by atoms with E-state index in [4.69, 9.17) is 15.1 Å². The third kappa shape index (κ3) is 4.03. The second kappa shape index (κ2) is 7.31. The standard InChI is InChI=1S/C17H14F3N3O3/c1-9(12-5-10(7-21)3-4-14(12)26-2)23-15-13(17(18,19)20)6-11(8-22-15)16(24)25/h3-6,8-9H,1-2H3,(H,22,23)(H,24,25). The minimum absolute atomic E-state index is 0.319. The number of hydrogen-bond donors (Lipinski definition) is 2. The van der Waals surface area contributed by atoms with Crippen LogP contribution in [0.2, 0.25) is 0 Å². The molecule has 6 nitrogen and oxygen atoms in total. The summed E-state index contributed by atoms with van der Waals surface area (Å²) >= 11 is 0. The first-order chi connectivity index (χ1) is 12.2. The fourth-order valence-electron chi connectivity index (χ4n) is 2.34. The van der Waals surface area contributed by atoms with Gasteiger partial charge in [-0.1, -0.05) is 0 Å². The van der Waals surface area contributed by atoms with Crippen LogP contribution in [0.3, 0.4) is 0 Å². The number of alkyl halides is 3. The quantitative estimate of drug-likeness (QED) is 0.836. The minimum atomic E-state index is -4.79. The van der Waals surface area contributed by atoms with Crippen molar-refractivity contribution in [3.05, 3.63) is 52.7 Å². The molecule has 0 spiro atoms. The lowest BCUT2D eigenvalue weighted by Gasteiger charge is -2.21. The zero-order chi connectivity index (χ0) is 19.5. The van der Waals surface area contributed by atoms with Crippen molar-refractivity contribution < 1.29 is 27.8 Å². The van der Waals surface area contributed by atoms with Gasteiger partial charge in [0.15, 0.2) is 0 Å². The first kappa shape index (κ1) is 19.1. The zero-order valence-electron chi connectivity index (χ0n) is 13.8. The maximum Gasteiger partial charge on any atom is 0.419 e. The number of nitrogens with zero attached hydrogens (tertiary/aromatic N) is 2. The first-order valence-electron chi connectivity index (χ1n) is 7.32. The highest BCUT2D eigenvalue weighted by Crippen LogP contribution is 2.36. The summed E-state index contributed by atoms with van der Waals surface area (Å²) in [7, 11) is 1.40. The summed E-state index contributed by atoms with van der Waals surface area (Å²) < 4.78 is 45.0. The molecule has 9 heteroatoms. The summed E-state index contributed by atoms with van der Waals surface area (Å²) in [5.74, 6) is -1.63. The minimum Gasteiger partial charge on any atom is -0.496 e. The number of methoxy groups -OCH3 is 1. The lowest BCUT2D eigenvalue weighted by molar-refractivity contribution is -0.137. The van der Waals surface area contributed by atoms with E-state index < -0.39 is 35.1 Å². The Hall–Kier alpha value is -3.28. The molecule has 2 aromatic rings. The number of carbonyl (C=O) groups is 1. The van der Waals surface area contributed by atoms with E-state index in [0.717, 1.165) is 6.20 Å². The molecule has 1 atom stereocenters. The number of hydrogen-bond acceptors (Lipinski definition) is 5. The van der Waals surface area contributed by atoms with Crippen molar-refractivity contribution in [2.45, 2.75) is 19.1 Å². The summed E-state index contributed by atoms with van der Waals surface area (Å²) in [6.45, 7) is 1.58. The van der Waals surface area contributed by atoms with Crippen LogP contribution in [0.5, 0.6) is 5.75 Å². The predicted octanol–water partition coefficient (Wildman–Crippen LogP) is 3.85. The van der Waals surface area contributed by atoms with E-state index in [1.54, 1.807) is 6.92 Å². The number of anilines is 1. The highest BCUT2D eigenvalue weighted by Gasteiger charge is 2.35. The van der Waals surface area contributed by atoms with Crippen molar-refractivity contribution in [3.63, 3.8) is 0 Å². The highest BCUT2D eigenvalue weighted by molar-refractivity contribution is 5.87. The van der Waals surface area contributed by atoms with E-state index >= 15 is 0 Å². The third-order valence-electron chi connectivity index (χ3n) is 3.62. The molecule has 1 heterocycles. The molecule has 0 aliphatic heterocycles. The lowest BCUT2D eigenvalue weighted by Crippen LogP contribution is -2.17. The summed E-state index contributed by atoms with van der Waals surface area (Å²) in [5.41, 5.74) is -0.984. The molecule has 0 radical (unpaired) electrons. The van der Waals surface area contributed by atoms with E-state index in [9.17, 15) is 18.0 Å². The largest absolute Gasteiger partial charge is 0.496 e. The van der Waals surface area contributed by atoms with E-state index in [0.29, 0.717) is 22.9 Å². The van der Waals surface area contributed by atoms with Crippen LogP contribution in [0.1, 0.15) is 40.0 Å². The second-order valence-electron chi connectivity index (χ2n) is 5.36. The Morgan fingerprint density at radius 1 is 1.38 bits per heavy atom. The van der Waals surface area contributed by atoms with Crippen LogP contribution in [0, 0.1) is 11.3 Å². The molecule has 0 saturated carbocycles. The summed E-state index contributed by atoms with van der Waals surface area (Å²) in [5, 5.41) is 20.5. The van der Waals surface area contributed by atoms with Gasteiger partial charge in [0.05, 0.1) is 35.9 Å². The third-order valence-corrected chi connectivity index (χ3v) is 3.62. The average molecular weight is 365 g/mol. The van der Waals surface area contributed by atoms with Gasteiger partial charge in [-0.05, 0) is 31.2 Å². The van der Waals surface area contributed by atoms with Crippen LogP contribution in [0.4, 0.5) is 19.0 Å². The number of pyridine rings is 1. The lowest BCUT2D eigenvalue weighted by atomic mass is 10.0. The number of carboxylic acid groups (broad SMARTS) is 1. The van der Waals surface area contributed by atoms with Gasteiger partial charge in [0.1, 0.15) is 11.6 Å². The zero-order valence-corrected chi connectivity index (χ0v) is 13.8. The van der Waals surface area contributed by atoms with Crippen molar-refractivity contribution >= 4 is 11.8 Å². The number of rotatable bonds is 5. The highest BCUT2D eigenvalue weighted by atomic mass is 19.4. The smallest absolute Gasteiger partial charge is 0.419 e. The monoisotopic (exact) mass is 365 g/mol. The number of aromatic nitrogens is 1. The Morgan fingerprint density at radius 2 is 2.08 bits per heavy atom. The summed E-state index contributed by atoms with van der Waals surface area (Å²) in [4.78, 5) is 14.5. The summed E-state index contributed by atoms with van der Waals surface area (Å²) in [6.07, 6.45) is -3.95. The number of nitrogens with one attached hydrogen (secondary N) is 1. The molecule has 0 aliphatic rings. The number of benzene rings is 1. The summed E-state index contributed by atoms with van der Waals surface area (Å²) in [6, 6.07) is 6.34. The maximum absolute atomic E-state index is 13.3. The molecule has 0 bridgehead atoms. The van der Waals surface area contributed by atoms with E-state index in [2.05, 4.69) is 10.3 Å². The number of carboxylic acids is 1. The molecule has 1 aromatic heterocycles. The Bertz CT molecular complexity index is 876. The Kier molecular flexibility index (Phi) is 5.35. The van der Waals surface area contributed by atoms with Crippen molar-refractivity contribution in [1.29, 1.82) is 5.26 Å². The molecule has 0 fully saturated rings. The SMILES string of the molecule is COc1ccc(C#N)cc1C(C)Nc1ncc(C(=O)O)cc1C(F)(F)F. The van der Waals surface area contributed by atoms with Crippen LogP contribution >= 0.6 is 0 Å². The van der Waals surface area contributed by atoms with Crippen LogP contribution in [0.15, 0.2) is 30.5 Å². The fourth-order valence-corrected chi connectivity index (χ4v) is 2.34. The number of aromatic carboxylic acids is 1. The molecule has 1 aromatic carbocycles. The molecule has 0 saturated heterocycles. The van der Waals surface area contributed by atoms with Crippen LogP contribution in [-0.2, 0) is 6.18 Å². The number of ether oxygens (including phenoxy) is 1. The maximum atomic E-state index is 13.3. The van der Waals surface area contributed by atoms with Crippen LogP contribution in [0.25, 0.3) is 0 Å². The van der Waals surface area contributed by atoms with Gasteiger partial charge in [-0.15, -0.1) is 0 Å². The molecular weight excluding hydrogens is 351 g/mol. The van der Waals surface area contributed by atoms with Crippen molar-refractivity contribution in [2.24, 2.45) is 0 Å². The van der Waals surface area contributed by atoms with Gasteiger partial charge in [-0.25, -0.2) is 9.78 Å². The van der Waals surface area contributed by atoms with Crippen molar-refractivity contribution in [3.8, 4) is 11.8 Å². The van der Waals surface area contributed by atoms with E-state index in [1.165, 1.54) is 25.3 Å². The second-order valence-corrected chi connectivity index (χ2v) is 5.36. The molecule has 1 unspecified atom stereocenters. The molecule has 0 aliphatic carbocycles. The molecular formula is C17H14F3N3O3. The normalized spacial score (nSPS) is 12.2. The van der Waals surface area contributed by atoms with Crippen LogP contribution < -0.4 is 10.1 Å². The van der Waals surface area contributed by atoms with Gasteiger partial charge >= 0.3 is 12.1 Å².